The van der Waals surface area contributed by atoms with Crippen LogP contribution in [-0.4, -0.2) is 25.6 Å². The Balaban J connectivity index is 2.16. The summed E-state index contributed by atoms with van der Waals surface area (Å²) in [7, 11) is -3.71. The smallest absolute Gasteiger partial charge is 0.351 e. The third-order valence-corrected chi connectivity index (χ3v) is 6.69. The maximum Gasteiger partial charge on any atom is 0.433 e. The van der Waals surface area contributed by atoms with Crippen molar-refractivity contribution in [2.45, 2.75) is 63.5 Å². The molecule has 2 unspecified atom stereocenters. The van der Waals surface area contributed by atoms with E-state index in [2.05, 4.69) is 10.3 Å². The molecule has 2 atom stereocenters. The van der Waals surface area contributed by atoms with Gasteiger partial charge in [0, 0.05) is 24.1 Å². The molecule has 6 nitrogen and oxygen atoms in total. The first-order valence-corrected chi connectivity index (χ1v) is 12.8. The van der Waals surface area contributed by atoms with E-state index in [9.17, 15) is 30.8 Å². The highest BCUT2D eigenvalue weighted by Gasteiger charge is 2.33. The lowest BCUT2D eigenvalue weighted by molar-refractivity contribution is -0.141. The fourth-order valence-electron chi connectivity index (χ4n) is 3.37. The van der Waals surface area contributed by atoms with Crippen LogP contribution in [0.15, 0.2) is 30.3 Å². The zero-order chi connectivity index (χ0) is 25.7. The molecule has 2 rings (SSSR count). The molecule has 1 heterocycles. The molecule has 0 saturated heterocycles. The van der Waals surface area contributed by atoms with Crippen molar-refractivity contribution in [2.75, 3.05) is 6.26 Å². The Hall–Kier alpha value is -2.53. The maximum atomic E-state index is 14.5. The van der Waals surface area contributed by atoms with Gasteiger partial charge in [0.2, 0.25) is 5.91 Å². The van der Waals surface area contributed by atoms with Crippen molar-refractivity contribution < 1.29 is 30.8 Å². The van der Waals surface area contributed by atoms with E-state index in [4.69, 9.17) is 5.73 Å². The van der Waals surface area contributed by atoms with Crippen LogP contribution in [0.1, 0.15) is 72.5 Å². The van der Waals surface area contributed by atoms with Gasteiger partial charge in [-0.1, -0.05) is 38.0 Å². The van der Waals surface area contributed by atoms with Crippen LogP contribution < -0.4 is 11.1 Å². The van der Waals surface area contributed by atoms with Crippen LogP contribution in [0.5, 0.6) is 0 Å². The molecule has 0 fully saturated rings. The van der Waals surface area contributed by atoms with Gasteiger partial charge in [-0.15, -0.1) is 0 Å². The van der Waals surface area contributed by atoms with Gasteiger partial charge in [-0.3, -0.25) is 4.79 Å². The summed E-state index contributed by atoms with van der Waals surface area (Å²) >= 11 is 0. The summed E-state index contributed by atoms with van der Waals surface area (Å²) in [5, 5.41) is 1.14. The highest BCUT2D eigenvalue weighted by atomic mass is 32.2. The minimum atomic E-state index is -4.56. The third-order valence-electron chi connectivity index (χ3n) is 5.51. The summed E-state index contributed by atoms with van der Waals surface area (Å²) < 4.78 is 76.9. The number of pyridine rings is 1. The molecule has 0 aliphatic rings. The van der Waals surface area contributed by atoms with Gasteiger partial charge in [0.15, 0.2) is 9.84 Å². The average Bonchev–Trinajstić information content (AvgIpc) is 2.75. The number of nitrogens with one attached hydrogen (secondary N) is 1. The summed E-state index contributed by atoms with van der Waals surface area (Å²) in [5.41, 5.74) is 5.45. The number of amides is 1. The minimum absolute atomic E-state index is 0.0325. The quantitative estimate of drug-likeness (QED) is 0.370. The first-order valence-electron chi connectivity index (χ1n) is 10.8. The summed E-state index contributed by atoms with van der Waals surface area (Å²) in [6, 6.07) is 5.90. The molecule has 188 valence electrons. The van der Waals surface area contributed by atoms with Gasteiger partial charge in [-0.2, -0.15) is 13.2 Å². The van der Waals surface area contributed by atoms with Gasteiger partial charge in [0.05, 0.1) is 5.92 Å². The zero-order valence-electron chi connectivity index (χ0n) is 19.2. The van der Waals surface area contributed by atoms with Crippen LogP contribution in [0.2, 0.25) is 0 Å². The van der Waals surface area contributed by atoms with Crippen LogP contribution in [0.3, 0.4) is 0 Å². The van der Waals surface area contributed by atoms with E-state index in [0.717, 1.165) is 31.2 Å². The van der Waals surface area contributed by atoms with E-state index in [0.29, 0.717) is 24.0 Å². The number of unbranched alkanes of at least 4 members (excludes halogenated alkanes) is 2. The number of aryl methyl sites for hydroxylation is 1. The normalized spacial score (nSPS) is 14.0. The third kappa shape index (κ3) is 7.23. The van der Waals surface area contributed by atoms with E-state index in [1.807, 2.05) is 6.92 Å². The number of nitrogens with two attached hydrogens (primary N) is 1. The number of rotatable bonds is 10. The molecule has 2 aromatic rings. The van der Waals surface area contributed by atoms with Crippen LogP contribution >= 0.6 is 0 Å². The monoisotopic (exact) mass is 503 g/mol. The lowest BCUT2D eigenvalue weighted by atomic mass is 9.98. The number of benzene rings is 1. The SMILES string of the molecule is CCCCCc1nc(C(F)(F)F)ccc1CNC(=O)C(C)c1ccc(C(N)S(C)(=O)=O)c(F)c1. The highest BCUT2D eigenvalue weighted by Crippen LogP contribution is 2.29. The zero-order valence-corrected chi connectivity index (χ0v) is 20.1. The van der Waals surface area contributed by atoms with Crippen LogP contribution in [0.25, 0.3) is 0 Å². The molecule has 1 aromatic carbocycles. The maximum absolute atomic E-state index is 14.5. The molecule has 11 heteroatoms. The lowest BCUT2D eigenvalue weighted by Gasteiger charge is -2.17. The first kappa shape index (κ1) is 27.7. The van der Waals surface area contributed by atoms with Crippen molar-refractivity contribution in [1.29, 1.82) is 0 Å². The number of halogens is 4. The highest BCUT2D eigenvalue weighted by molar-refractivity contribution is 7.90. The fourth-order valence-corrected chi connectivity index (χ4v) is 4.02. The number of sulfone groups is 1. The van der Waals surface area contributed by atoms with E-state index >= 15 is 0 Å². The molecule has 3 N–H and O–H groups in total. The lowest BCUT2D eigenvalue weighted by Crippen LogP contribution is -2.28. The van der Waals surface area contributed by atoms with Crippen LogP contribution in [0.4, 0.5) is 17.6 Å². The van der Waals surface area contributed by atoms with Gasteiger partial charge in [-0.05, 0) is 43.0 Å². The molecule has 0 aliphatic carbocycles. The Morgan fingerprint density at radius 3 is 2.41 bits per heavy atom. The van der Waals surface area contributed by atoms with Gasteiger partial charge < -0.3 is 11.1 Å². The molecular weight excluding hydrogens is 474 g/mol. The number of aromatic nitrogens is 1. The van der Waals surface area contributed by atoms with Crippen LogP contribution in [-0.2, 0) is 33.8 Å². The number of hydrogen-bond acceptors (Lipinski definition) is 5. The van der Waals surface area contributed by atoms with Gasteiger partial charge in [0.25, 0.3) is 0 Å². The number of alkyl halides is 3. The van der Waals surface area contributed by atoms with E-state index in [1.165, 1.54) is 25.1 Å². The summed E-state index contributed by atoms with van der Waals surface area (Å²) in [6.07, 6.45) is -0.910. The van der Waals surface area contributed by atoms with E-state index < -0.39 is 44.7 Å². The van der Waals surface area contributed by atoms with Crippen molar-refractivity contribution in [3.05, 3.63) is 64.2 Å². The molecule has 1 aromatic heterocycles. The Morgan fingerprint density at radius 1 is 1.18 bits per heavy atom. The number of hydrogen-bond donors (Lipinski definition) is 2. The predicted octanol–water partition coefficient (Wildman–Crippen LogP) is 4.39. The minimum Gasteiger partial charge on any atom is -0.351 e. The van der Waals surface area contributed by atoms with Gasteiger partial charge >= 0.3 is 6.18 Å². The van der Waals surface area contributed by atoms with Gasteiger partial charge in [-0.25, -0.2) is 17.8 Å². The number of nitrogens with zero attached hydrogens (tertiary/aromatic N) is 1. The number of carbonyl (C=O) groups excluding carboxylic acids is 1. The number of carbonyl (C=O) groups is 1. The second-order valence-electron chi connectivity index (χ2n) is 8.23. The Kier molecular flexibility index (Phi) is 9.18. The molecule has 0 aliphatic heterocycles. The van der Waals surface area contributed by atoms with E-state index in [1.54, 1.807) is 0 Å². The molecule has 0 saturated carbocycles. The molecule has 34 heavy (non-hydrogen) atoms. The Morgan fingerprint density at radius 2 is 1.85 bits per heavy atom. The first-order chi connectivity index (χ1) is 15.8. The predicted molar refractivity (Wildman–Crippen MR) is 121 cm³/mol. The molecule has 0 bridgehead atoms. The fraction of sp³-hybridized carbons (Fsp3) is 0.478. The van der Waals surface area contributed by atoms with Crippen molar-refractivity contribution in [1.82, 2.24) is 10.3 Å². The summed E-state index contributed by atoms with van der Waals surface area (Å²) in [5.74, 6) is -2.12. The topological polar surface area (TPSA) is 102 Å². The Labute approximate surface area is 196 Å². The molecule has 0 spiro atoms. The van der Waals surface area contributed by atoms with Crippen molar-refractivity contribution in [2.24, 2.45) is 5.73 Å². The second-order valence-corrected chi connectivity index (χ2v) is 10.4. The largest absolute Gasteiger partial charge is 0.433 e. The van der Waals surface area contributed by atoms with Gasteiger partial charge in [0.1, 0.15) is 16.9 Å². The average molecular weight is 504 g/mol. The second kappa shape index (κ2) is 11.3. The standard InChI is InChI=1S/C23H29F4N3O3S/c1-4-5-6-7-19-16(9-11-20(30-19)23(25,26)27)13-29-22(31)14(2)15-8-10-17(18(24)12-15)21(28)34(3,32)33/h8-12,14,21H,4-7,13,28H2,1-3H3,(H,29,31). The molecule has 0 radical (unpaired) electrons. The Bertz CT molecular complexity index is 1120. The molecular formula is C23H29F4N3O3S. The summed E-state index contributed by atoms with van der Waals surface area (Å²) in [4.78, 5) is 16.4. The van der Waals surface area contributed by atoms with Crippen molar-refractivity contribution >= 4 is 15.7 Å². The molecule has 1 amide bonds. The van der Waals surface area contributed by atoms with E-state index in [-0.39, 0.29) is 17.8 Å². The van der Waals surface area contributed by atoms with Crippen molar-refractivity contribution in [3.8, 4) is 0 Å². The van der Waals surface area contributed by atoms with Crippen molar-refractivity contribution in [3.63, 3.8) is 0 Å². The van der Waals surface area contributed by atoms with Crippen LogP contribution in [0, 0.1) is 5.82 Å². The summed E-state index contributed by atoms with van der Waals surface area (Å²) in [6.45, 7) is 3.48.